The quantitative estimate of drug-likeness (QED) is 0.859. The maximum Gasteiger partial charge on any atom is 0.0640 e. The van der Waals surface area contributed by atoms with Crippen molar-refractivity contribution in [2.75, 3.05) is 19.6 Å². The van der Waals surface area contributed by atoms with Crippen LogP contribution in [-0.4, -0.2) is 30.1 Å². The van der Waals surface area contributed by atoms with Crippen molar-refractivity contribution in [1.29, 1.82) is 0 Å². The molecule has 2 rings (SSSR count). The summed E-state index contributed by atoms with van der Waals surface area (Å²) in [5.74, 6) is 0. The van der Waals surface area contributed by atoms with Crippen molar-refractivity contribution in [3.63, 3.8) is 0 Å². The van der Waals surface area contributed by atoms with E-state index in [4.69, 9.17) is 23.2 Å². The molecule has 1 aromatic rings. The normalized spacial score (nSPS) is 18.4. The van der Waals surface area contributed by atoms with Gasteiger partial charge in [0.25, 0.3) is 0 Å². The summed E-state index contributed by atoms with van der Waals surface area (Å²) in [6.45, 7) is 9.95. The summed E-state index contributed by atoms with van der Waals surface area (Å²) in [4.78, 5) is 2.55. The maximum atomic E-state index is 6.45. The number of rotatable bonds is 5. The molecule has 4 heteroatoms. The summed E-state index contributed by atoms with van der Waals surface area (Å²) in [6.07, 6.45) is 2.57. The molecule has 0 radical (unpaired) electrons. The lowest BCUT2D eigenvalue weighted by atomic mass is 9.87. The van der Waals surface area contributed by atoms with Crippen LogP contribution in [-0.2, 0) is 0 Å². The number of likely N-dealkylation sites (N-methyl/N-ethyl adjacent to an activating group) is 1. The molecule has 20 heavy (non-hydrogen) atoms. The van der Waals surface area contributed by atoms with Gasteiger partial charge in [-0.05, 0) is 58.0 Å². The lowest BCUT2D eigenvalue weighted by Crippen LogP contribution is -2.51. The molecule has 2 nitrogen and oxygen atoms in total. The van der Waals surface area contributed by atoms with Crippen molar-refractivity contribution in [2.24, 2.45) is 0 Å². The largest absolute Gasteiger partial charge is 0.309 e. The zero-order valence-corrected chi connectivity index (χ0v) is 14.1. The van der Waals surface area contributed by atoms with Gasteiger partial charge in [-0.2, -0.15) is 0 Å². The molecule has 1 N–H and O–H groups in total. The SMILES string of the molecule is CCNC(c1cccc(Cl)c1Cl)C(C)(C)N1CCCC1. The number of hydrogen-bond acceptors (Lipinski definition) is 2. The molecule has 0 saturated carbocycles. The second-order valence-corrected chi connectivity index (χ2v) is 6.77. The molecule has 1 fully saturated rings. The molecule has 1 aromatic carbocycles. The van der Waals surface area contributed by atoms with Gasteiger partial charge in [-0.1, -0.05) is 42.3 Å². The summed E-state index contributed by atoms with van der Waals surface area (Å²) >= 11 is 12.6. The zero-order valence-electron chi connectivity index (χ0n) is 12.5. The van der Waals surface area contributed by atoms with Gasteiger partial charge in [-0.15, -0.1) is 0 Å². The zero-order chi connectivity index (χ0) is 14.8. The molecular weight excluding hydrogens is 291 g/mol. The van der Waals surface area contributed by atoms with E-state index in [-0.39, 0.29) is 11.6 Å². The second kappa shape index (κ2) is 6.65. The molecular formula is C16H24Cl2N2. The third kappa shape index (κ3) is 3.14. The standard InChI is InChI=1S/C16H24Cl2N2/c1-4-19-15(12-8-7-9-13(17)14(12)18)16(2,3)20-10-5-6-11-20/h7-9,15,19H,4-6,10-11H2,1-3H3. The average Bonchev–Trinajstić information content (AvgIpc) is 2.94. The Labute approximate surface area is 132 Å². The molecule has 1 atom stereocenters. The van der Waals surface area contributed by atoms with Crippen LogP contribution in [0.2, 0.25) is 10.0 Å². The number of likely N-dealkylation sites (tertiary alicyclic amines) is 1. The first-order chi connectivity index (χ1) is 9.48. The number of halogens is 2. The Morgan fingerprint density at radius 1 is 1.25 bits per heavy atom. The average molecular weight is 315 g/mol. The highest BCUT2D eigenvalue weighted by molar-refractivity contribution is 6.42. The molecule has 1 aliphatic rings. The van der Waals surface area contributed by atoms with Gasteiger partial charge in [-0.25, -0.2) is 0 Å². The van der Waals surface area contributed by atoms with Crippen LogP contribution in [0.15, 0.2) is 18.2 Å². The molecule has 1 unspecified atom stereocenters. The van der Waals surface area contributed by atoms with Gasteiger partial charge < -0.3 is 5.32 Å². The molecule has 0 aromatic heterocycles. The van der Waals surface area contributed by atoms with Crippen LogP contribution in [0, 0.1) is 0 Å². The van der Waals surface area contributed by atoms with Crippen LogP contribution < -0.4 is 5.32 Å². The summed E-state index contributed by atoms with van der Waals surface area (Å²) < 4.78 is 0. The van der Waals surface area contributed by atoms with Crippen LogP contribution in [0.5, 0.6) is 0 Å². The minimum absolute atomic E-state index is 0.0147. The van der Waals surface area contributed by atoms with Gasteiger partial charge >= 0.3 is 0 Å². The molecule has 0 amide bonds. The number of nitrogens with one attached hydrogen (secondary N) is 1. The Morgan fingerprint density at radius 3 is 2.50 bits per heavy atom. The van der Waals surface area contributed by atoms with Gasteiger partial charge in [0.1, 0.15) is 0 Å². The van der Waals surface area contributed by atoms with Crippen LogP contribution >= 0.6 is 23.2 Å². The number of hydrogen-bond donors (Lipinski definition) is 1. The summed E-state index contributed by atoms with van der Waals surface area (Å²) in [5, 5.41) is 4.90. The number of nitrogens with zero attached hydrogens (tertiary/aromatic N) is 1. The first kappa shape index (κ1) is 16.1. The highest BCUT2D eigenvalue weighted by Crippen LogP contribution is 2.38. The Morgan fingerprint density at radius 2 is 1.90 bits per heavy atom. The summed E-state index contributed by atoms with van der Waals surface area (Å²) in [7, 11) is 0. The van der Waals surface area contributed by atoms with Crippen molar-refractivity contribution >= 4 is 23.2 Å². The van der Waals surface area contributed by atoms with Gasteiger partial charge in [0.05, 0.1) is 16.1 Å². The van der Waals surface area contributed by atoms with Gasteiger partial charge in [0.15, 0.2) is 0 Å². The Kier molecular flexibility index (Phi) is 5.36. The number of benzene rings is 1. The topological polar surface area (TPSA) is 15.3 Å². The predicted molar refractivity (Wildman–Crippen MR) is 87.8 cm³/mol. The third-order valence-electron chi connectivity index (χ3n) is 4.33. The van der Waals surface area contributed by atoms with Crippen molar-refractivity contribution in [3.05, 3.63) is 33.8 Å². The molecule has 112 valence electrons. The smallest absolute Gasteiger partial charge is 0.0640 e. The van der Waals surface area contributed by atoms with E-state index in [2.05, 4.69) is 37.1 Å². The van der Waals surface area contributed by atoms with E-state index in [9.17, 15) is 0 Å². The van der Waals surface area contributed by atoms with E-state index in [0.717, 1.165) is 25.2 Å². The van der Waals surface area contributed by atoms with E-state index < -0.39 is 0 Å². The van der Waals surface area contributed by atoms with E-state index in [1.165, 1.54) is 12.8 Å². The van der Waals surface area contributed by atoms with Gasteiger partial charge in [0, 0.05) is 5.54 Å². The predicted octanol–water partition coefficient (Wildman–Crippen LogP) is 4.52. The first-order valence-corrected chi connectivity index (χ1v) is 8.16. The Hall–Kier alpha value is -0.280. The summed E-state index contributed by atoms with van der Waals surface area (Å²) in [6, 6.07) is 6.09. The molecule has 0 bridgehead atoms. The summed E-state index contributed by atoms with van der Waals surface area (Å²) in [5.41, 5.74) is 1.11. The van der Waals surface area contributed by atoms with Crippen molar-refractivity contribution in [2.45, 2.75) is 45.2 Å². The fraction of sp³-hybridized carbons (Fsp3) is 0.625. The van der Waals surface area contributed by atoms with Gasteiger partial charge in [0.2, 0.25) is 0 Å². The first-order valence-electron chi connectivity index (χ1n) is 7.40. The molecule has 0 spiro atoms. The Bertz CT molecular complexity index is 454. The highest BCUT2D eigenvalue weighted by atomic mass is 35.5. The fourth-order valence-electron chi connectivity index (χ4n) is 3.16. The van der Waals surface area contributed by atoms with E-state index in [1.54, 1.807) is 0 Å². The van der Waals surface area contributed by atoms with Crippen LogP contribution in [0.4, 0.5) is 0 Å². The highest BCUT2D eigenvalue weighted by Gasteiger charge is 2.38. The molecule has 1 heterocycles. The van der Waals surface area contributed by atoms with Crippen molar-refractivity contribution in [1.82, 2.24) is 10.2 Å². The lowest BCUT2D eigenvalue weighted by Gasteiger charge is -2.43. The van der Waals surface area contributed by atoms with Crippen LogP contribution in [0.1, 0.15) is 45.2 Å². The van der Waals surface area contributed by atoms with E-state index >= 15 is 0 Å². The minimum atomic E-state index is 0.0147. The fourth-order valence-corrected chi connectivity index (χ4v) is 3.58. The van der Waals surface area contributed by atoms with E-state index in [1.807, 2.05) is 12.1 Å². The minimum Gasteiger partial charge on any atom is -0.309 e. The maximum absolute atomic E-state index is 6.45. The monoisotopic (exact) mass is 314 g/mol. The van der Waals surface area contributed by atoms with Crippen molar-refractivity contribution in [3.8, 4) is 0 Å². The van der Waals surface area contributed by atoms with Gasteiger partial charge in [-0.3, -0.25) is 4.90 Å². The molecule has 1 aliphatic heterocycles. The third-order valence-corrected chi connectivity index (χ3v) is 5.16. The Balaban J connectivity index is 2.37. The van der Waals surface area contributed by atoms with E-state index in [0.29, 0.717) is 10.0 Å². The van der Waals surface area contributed by atoms with Crippen LogP contribution in [0.3, 0.4) is 0 Å². The lowest BCUT2D eigenvalue weighted by molar-refractivity contribution is 0.107. The second-order valence-electron chi connectivity index (χ2n) is 5.98. The van der Waals surface area contributed by atoms with Crippen molar-refractivity contribution < 1.29 is 0 Å². The molecule has 0 aliphatic carbocycles. The van der Waals surface area contributed by atoms with Crippen LogP contribution in [0.25, 0.3) is 0 Å². The molecule has 1 saturated heterocycles.